The molecule has 0 saturated heterocycles. The summed E-state index contributed by atoms with van der Waals surface area (Å²) in [5, 5.41) is 11.9. The Labute approximate surface area is 576 Å². The third-order valence-electron chi connectivity index (χ3n) is 17.6. The van der Waals surface area contributed by atoms with Gasteiger partial charge in [0.1, 0.15) is 13.2 Å². The number of carbonyl (C=O) groups is 3. The standard InChI is InChI=1S/C84H151NO8/c1-6-8-10-12-14-16-18-20-22-24-26-28-30-32-34-36-38-39-40-41-42-43-45-47-49-51-53-55-57-59-61-63-65-67-69-71-73-75-82(87)93-80(79-92-84(83(88)89)90-77-76-85(3,4)5)78-91-81(86)74-72-70-68-66-64-62-60-58-56-54-52-50-48-46-44-37-35-33-31-29-27-25-23-21-19-17-15-13-11-9-7-2/h8,10,14,16,19-22,25-28,31,33,80,84H,6-7,9,11-13,15,17-18,23-24,29-30,32,34-79H2,1-5H3/b10-8-,16-14-,21-19-,22-20-,27-25-,28-26-,33-31-. The second-order valence-corrected chi connectivity index (χ2v) is 28.0. The topological polar surface area (TPSA) is 111 Å². The Balaban J connectivity index is 3.99. The van der Waals surface area contributed by atoms with Crippen molar-refractivity contribution in [1.29, 1.82) is 0 Å². The van der Waals surface area contributed by atoms with Crippen LogP contribution in [0.3, 0.4) is 0 Å². The van der Waals surface area contributed by atoms with Crippen molar-refractivity contribution in [2.24, 2.45) is 0 Å². The molecule has 540 valence electrons. The Morgan fingerprint density at radius 2 is 0.613 bits per heavy atom. The summed E-state index contributed by atoms with van der Waals surface area (Å²) in [4.78, 5) is 37.6. The summed E-state index contributed by atoms with van der Waals surface area (Å²) >= 11 is 0. The lowest BCUT2D eigenvalue weighted by atomic mass is 10.0. The molecule has 9 heteroatoms. The number of unbranched alkanes of at least 4 members (excludes halogenated alkanes) is 45. The molecule has 0 aromatic rings. The average Bonchev–Trinajstić information content (AvgIpc) is 3.73. The molecule has 0 saturated carbocycles. The molecule has 0 bridgehead atoms. The molecule has 0 aromatic heterocycles. The third-order valence-corrected chi connectivity index (χ3v) is 17.6. The number of hydrogen-bond donors (Lipinski definition) is 0. The van der Waals surface area contributed by atoms with Crippen LogP contribution < -0.4 is 5.11 Å². The lowest BCUT2D eigenvalue weighted by Gasteiger charge is -2.26. The first-order valence-electron chi connectivity index (χ1n) is 39.7. The fourth-order valence-corrected chi connectivity index (χ4v) is 11.6. The van der Waals surface area contributed by atoms with Crippen molar-refractivity contribution in [1.82, 2.24) is 0 Å². The zero-order valence-electron chi connectivity index (χ0n) is 61.9. The lowest BCUT2D eigenvalue weighted by molar-refractivity contribution is -0.870. The Morgan fingerprint density at radius 1 is 0.333 bits per heavy atom. The minimum Gasteiger partial charge on any atom is -0.545 e. The van der Waals surface area contributed by atoms with Gasteiger partial charge in [-0.2, -0.15) is 0 Å². The highest BCUT2D eigenvalue weighted by Gasteiger charge is 2.22. The van der Waals surface area contributed by atoms with Gasteiger partial charge in [0.2, 0.25) is 0 Å². The summed E-state index contributed by atoms with van der Waals surface area (Å²) in [7, 11) is 5.95. The van der Waals surface area contributed by atoms with Crippen molar-refractivity contribution in [3.63, 3.8) is 0 Å². The van der Waals surface area contributed by atoms with Gasteiger partial charge in [0, 0.05) is 12.8 Å². The van der Waals surface area contributed by atoms with E-state index in [1.807, 2.05) is 21.1 Å². The number of hydrogen-bond acceptors (Lipinski definition) is 8. The van der Waals surface area contributed by atoms with E-state index < -0.39 is 24.3 Å². The second kappa shape index (κ2) is 74.3. The van der Waals surface area contributed by atoms with E-state index in [1.54, 1.807) is 0 Å². The summed E-state index contributed by atoms with van der Waals surface area (Å²) in [5.74, 6) is -2.26. The van der Waals surface area contributed by atoms with Crippen molar-refractivity contribution < 1.29 is 42.9 Å². The number of quaternary nitrogens is 1. The minimum absolute atomic E-state index is 0.148. The van der Waals surface area contributed by atoms with Crippen LogP contribution in [0.2, 0.25) is 0 Å². The maximum Gasteiger partial charge on any atom is 0.306 e. The quantitative estimate of drug-likeness (QED) is 0.0195. The van der Waals surface area contributed by atoms with Gasteiger partial charge in [-0.05, 0) is 89.9 Å². The summed E-state index contributed by atoms with van der Waals surface area (Å²) in [5.41, 5.74) is 0. The molecule has 0 aliphatic heterocycles. The van der Waals surface area contributed by atoms with Gasteiger partial charge in [0.15, 0.2) is 12.4 Å². The van der Waals surface area contributed by atoms with Crippen LogP contribution in [0.4, 0.5) is 0 Å². The van der Waals surface area contributed by atoms with E-state index in [0.29, 0.717) is 23.9 Å². The smallest absolute Gasteiger partial charge is 0.306 e. The molecule has 0 fully saturated rings. The highest BCUT2D eigenvalue weighted by atomic mass is 16.7. The van der Waals surface area contributed by atoms with Gasteiger partial charge in [0.25, 0.3) is 0 Å². The summed E-state index contributed by atoms with van der Waals surface area (Å²) < 4.78 is 22.9. The van der Waals surface area contributed by atoms with Crippen LogP contribution in [-0.4, -0.2) is 82.3 Å². The predicted octanol–water partition coefficient (Wildman–Crippen LogP) is 24.0. The zero-order valence-corrected chi connectivity index (χ0v) is 61.9. The van der Waals surface area contributed by atoms with Crippen LogP contribution in [0.15, 0.2) is 85.1 Å². The van der Waals surface area contributed by atoms with Gasteiger partial charge < -0.3 is 33.3 Å². The Hall–Kier alpha value is -3.53. The number of carbonyl (C=O) groups excluding carboxylic acids is 3. The van der Waals surface area contributed by atoms with E-state index in [-0.39, 0.29) is 32.2 Å². The van der Waals surface area contributed by atoms with Crippen LogP contribution in [0.25, 0.3) is 0 Å². The Morgan fingerprint density at radius 3 is 0.914 bits per heavy atom. The second-order valence-electron chi connectivity index (χ2n) is 28.0. The maximum atomic E-state index is 13.0. The number of rotatable bonds is 74. The largest absolute Gasteiger partial charge is 0.545 e. The molecule has 0 aromatic carbocycles. The number of aliphatic carboxylic acids is 1. The number of allylic oxidation sites excluding steroid dienone is 14. The van der Waals surface area contributed by atoms with Crippen LogP contribution in [0, 0.1) is 0 Å². The summed E-state index contributed by atoms with van der Waals surface area (Å²) in [6.07, 6.45) is 98.5. The molecule has 9 nitrogen and oxygen atoms in total. The highest BCUT2D eigenvalue weighted by molar-refractivity contribution is 5.70. The number of ether oxygens (including phenoxy) is 4. The molecule has 0 heterocycles. The number of likely N-dealkylation sites (N-methyl/N-ethyl adjacent to an activating group) is 1. The van der Waals surface area contributed by atoms with Crippen LogP contribution >= 0.6 is 0 Å². The number of carboxylic acids is 1. The minimum atomic E-state index is -1.62. The molecule has 93 heavy (non-hydrogen) atoms. The molecule has 0 aliphatic carbocycles. The van der Waals surface area contributed by atoms with Gasteiger partial charge in [-0.1, -0.05) is 356 Å². The van der Waals surface area contributed by atoms with Crippen molar-refractivity contribution >= 4 is 17.9 Å². The van der Waals surface area contributed by atoms with Gasteiger partial charge in [0.05, 0.1) is 40.3 Å². The van der Waals surface area contributed by atoms with Crippen molar-refractivity contribution in [2.45, 2.75) is 386 Å². The molecule has 2 atom stereocenters. The Kier molecular flexibility index (Phi) is 71.4. The van der Waals surface area contributed by atoms with E-state index in [0.717, 1.165) is 70.6 Å². The SMILES string of the molecule is CC/C=C\C/C=C\C/C=C\C/C=C\CCCCCCCCCCCCCCCCCCCCCCCCCCC(=O)OC(COC(=O)CCCCCCCCCCCCCCCCCC/C=C\C/C=C\C/C=C\CCCCCCC)COC(OCC[N+](C)(C)C)C(=O)[O-]. The maximum absolute atomic E-state index is 13.0. The van der Waals surface area contributed by atoms with E-state index in [9.17, 15) is 19.5 Å². The monoisotopic (exact) mass is 1300 g/mol. The normalized spacial score (nSPS) is 13.1. The summed E-state index contributed by atoms with van der Waals surface area (Å²) in [6.45, 7) is 4.68. The first kappa shape index (κ1) is 89.5. The molecule has 2 unspecified atom stereocenters. The molecule has 0 aliphatic rings. The fraction of sp³-hybridized carbons (Fsp3) is 0.798. The lowest BCUT2D eigenvalue weighted by Crippen LogP contribution is -2.44. The highest BCUT2D eigenvalue weighted by Crippen LogP contribution is 2.19. The molecular weight excluding hydrogens is 1150 g/mol. The van der Waals surface area contributed by atoms with E-state index in [4.69, 9.17) is 18.9 Å². The molecule has 0 radical (unpaired) electrons. The number of nitrogens with zero attached hydrogens (tertiary/aromatic N) is 1. The Bertz CT molecular complexity index is 1810. The average molecular weight is 1300 g/mol. The van der Waals surface area contributed by atoms with Crippen LogP contribution in [-0.2, 0) is 33.3 Å². The van der Waals surface area contributed by atoms with Gasteiger partial charge >= 0.3 is 11.9 Å². The zero-order chi connectivity index (χ0) is 67.5. The van der Waals surface area contributed by atoms with E-state index in [2.05, 4.69) is 98.9 Å². The molecule has 0 rings (SSSR count). The number of esters is 2. The van der Waals surface area contributed by atoms with E-state index >= 15 is 0 Å². The molecule has 0 N–H and O–H groups in total. The van der Waals surface area contributed by atoms with Crippen LogP contribution in [0.5, 0.6) is 0 Å². The molecular formula is C84H151NO8. The predicted molar refractivity (Wildman–Crippen MR) is 398 cm³/mol. The summed E-state index contributed by atoms with van der Waals surface area (Å²) in [6, 6.07) is 0. The van der Waals surface area contributed by atoms with Gasteiger partial charge in [-0.15, -0.1) is 0 Å². The van der Waals surface area contributed by atoms with Crippen molar-refractivity contribution in [3.8, 4) is 0 Å². The first-order valence-corrected chi connectivity index (χ1v) is 39.7. The van der Waals surface area contributed by atoms with Crippen LogP contribution in [0.1, 0.15) is 373 Å². The van der Waals surface area contributed by atoms with E-state index in [1.165, 1.54) is 270 Å². The van der Waals surface area contributed by atoms with Gasteiger partial charge in [-0.3, -0.25) is 9.59 Å². The molecule has 0 spiro atoms. The third kappa shape index (κ3) is 75.7. The molecule has 0 amide bonds. The first-order chi connectivity index (χ1) is 45.6. The number of carboxylic acid groups (broad SMARTS) is 1. The fourth-order valence-electron chi connectivity index (χ4n) is 11.6. The van der Waals surface area contributed by atoms with Gasteiger partial charge in [-0.25, -0.2) is 0 Å². The van der Waals surface area contributed by atoms with Crippen molar-refractivity contribution in [3.05, 3.63) is 85.1 Å². The van der Waals surface area contributed by atoms with Crippen molar-refractivity contribution in [2.75, 3.05) is 47.5 Å².